The molecule has 0 saturated carbocycles. The van der Waals surface area contributed by atoms with E-state index in [0.717, 1.165) is 6.42 Å². The fraction of sp³-hybridized carbons (Fsp3) is 0.833. The van der Waals surface area contributed by atoms with Gasteiger partial charge in [-0.25, -0.2) is 5.43 Å². The first-order valence-corrected chi connectivity index (χ1v) is 4.31. The molecule has 11 heavy (non-hydrogen) atoms. The van der Waals surface area contributed by atoms with E-state index in [4.69, 9.17) is 0 Å². The van der Waals surface area contributed by atoms with E-state index in [9.17, 15) is 4.79 Å². The number of amides is 1. The summed E-state index contributed by atoms with van der Waals surface area (Å²) in [5, 5.41) is 0. The van der Waals surface area contributed by atoms with E-state index in [1.807, 2.05) is 6.92 Å². The van der Waals surface area contributed by atoms with Crippen molar-refractivity contribution in [2.75, 3.05) is 6.54 Å². The Kier molecular flexibility index (Phi) is 4.96. The summed E-state index contributed by atoms with van der Waals surface area (Å²) in [6.07, 6.45) is 0.825. The topological polar surface area (TPSA) is 41.1 Å². The van der Waals surface area contributed by atoms with Crippen molar-refractivity contribution in [3.63, 3.8) is 0 Å². The van der Waals surface area contributed by atoms with Crippen LogP contribution in [-0.4, -0.2) is 16.5 Å². The second-order valence-electron chi connectivity index (χ2n) is 2.37. The first kappa shape index (κ1) is 11.1. The zero-order valence-corrected chi connectivity index (χ0v) is 8.51. The average molecular weight is 194 g/mol. The fourth-order valence-electron chi connectivity index (χ4n) is 0.435. The Hall–Kier alpha value is 0.130. The van der Waals surface area contributed by atoms with Gasteiger partial charge in [0.2, 0.25) is 5.91 Å². The molecule has 0 fully saturated rings. The summed E-state index contributed by atoms with van der Waals surface area (Å²) in [6, 6.07) is 0. The summed E-state index contributed by atoms with van der Waals surface area (Å²) < 4.78 is -0.359. The van der Waals surface area contributed by atoms with Crippen molar-refractivity contribution in [3.05, 3.63) is 0 Å². The number of nitrogens with one attached hydrogen (secondary N) is 2. The Morgan fingerprint density at radius 1 is 1.55 bits per heavy atom. The number of hydrogen-bond acceptors (Lipinski definition) is 4. The third-order valence-corrected chi connectivity index (χ3v) is 2.15. The Labute approximate surface area is 78.1 Å². The van der Waals surface area contributed by atoms with E-state index in [-0.39, 0.29) is 9.99 Å². The van der Waals surface area contributed by atoms with Gasteiger partial charge in [0.05, 0.1) is 4.08 Å². The van der Waals surface area contributed by atoms with Crippen LogP contribution in [0.2, 0.25) is 0 Å². The lowest BCUT2D eigenvalue weighted by Crippen LogP contribution is -2.42. The van der Waals surface area contributed by atoms with E-state index in [1.54, 1.807) is 0 Å². The lowest BCUT2D eigenvalue weighted by molar-refractivity contribution is -0.119. The molecule has 2 N–H and O–H groups in total. The number of rotatable bonds is 4. The maximum absolute atomic E-state index is 10.4. The van der Waals surface area contributed by atoms with Gasteiger partial charge in [-0.15, -0.1) is 0 Å². The normalized spacial score (nSPS) is 11.3. The van der Waals surface area contributed by atoms with Crippen LogP contribution in [0.25, 0.3) is 0 Å². The van der Waals surface area contributed by atoms with Gasteiger partial charge < -0.3 is 0 Å². The van der Waals surface area contributed by atoms with Crippen LogP contribution in [0.15, 0.2) is 0 Å². The summed E-state index contributed by atoms with van der Waals surface area (Å²) >= 11 is 8.48. The zero-order chi connectivity index (χ0) is 8.91. The van der Waals surface area contributed by atoms with Gasteiger partial charge in [0.1, 0.15) is 0 Å². The molecule has 0 atom stereocenters. The third-order valence-electron chi connectivity index (χ3n) is 1.20. The van der Waals surface area contributed by atoms with Crippen molar-refractivity contribution in [2.45, 2.75) is 24.3 Å². The molecular weight excluding hydrogens is 180 g/mol. The number of carbonyl (C=O) groups excluding carboxylic acids is 1. The summed E-state index contributed by atoms with van der Waals surface area (Å²) in [5.41, 5.74) is 5.17. The quantitative estimate of drug-likeness (QED) is 0.301. The fourth-order valence-corrected chi connectivity index (χ4v) is 0.593. The maximum Gasteiger partial charge on any atom is 0.230 e. The third kappa shape index (κ3) is 6.52. The van der Waals surface area contributed by atoms with Gasteiger partial charge >= 0.3 is 0 Å². The highest BCUT2D eigenvalue weighted by atomic mass is 32.2. The summed E-state index contributed by atoms with van der Waals surface area (Å²) in [6.45, 7) is 3.96. The van der Waals surface area contributed by atoms with Gasteiger partial charge in [0.15, 0.2) is 0 Å². The van der Waals surface area contributed by atoms with Crippen LogP contribution in [0.3, 0.4) is 0 Å². The molecule has 0 aliphatic carbocycles. The molecule has 0 aromatic heterocycles. The number of thiol groups is 2. The zero-order valence-electron chi connectivity index (χ0n) is 6.72. The molecule has 0 saturated heterocycles. The lowest BCUT2D eigenvalue weighted by Gasteiger charge is -2.20. The van der Waals surface area contributed by atoms with E-state index < -0.39 is 0 Å². The van der Waals surface area contributed by atoms with Crippen LogP contribution in [0.1, 0.15) is 20.3 Å². The second kappa shape index (κ2) is 4.90. The van der Waals surface area contributed by atoms with E-state index in [0.29, 0.717) is 6.54 Å². The molecule has 0 radical (unpaired) electrons. The smallest absolute Gasteiger partial charge is 0.230 e. The summed E-state index contributed by atoms with van der Waals surface area (Å²) in [5.74, 6) is -0.112. The largest absolute Gasteiger partial charge is 0.292 e. The molecule has 1 amide bonds. The van der Waals surface area contributed by atoms with Crippen LogP contribution >= 0.6 is 25.3 Å². The second-order valence-corrected chi connectivity index (χ2v) is 4.44. The van der Waals surface area contributed by atoms with Crippen molar-refractivity contribution in [1.29, 1.82) is 0 Å². The first-order chi connectivity index (χ1) is 4.98. The van der Waals surface area contributed by atoms with Gasteiger partial charge in [-0.2, -0.15) is 25.3 Å². The molecule has 0 aromatic carbocycles. The van der Waals surface area contributed by atoms with Crippen molar-refractivity contribution in [1.82, 2.24) is 10.9 Å². The standard InChI is InChI=1S/C6H14N2OS2/c1-3-6(10,11)4-7-8-5(2)9/h7,10-11H,3-4H2,1-2H3,(H,8,9). The van der Waals surface area contributed by atoms with E-state index in [2.05, 4.69) is 36.1 Å². The van der Waals surface area contributed by atoms with Crippen molar-refractivity contribution in [3.8, 4) is 0 Å². The average Bonchev–Trinajstić information content (AvgIpc) is 1.87. The predicted molar refractivity (Wildman–Crippen MR) is 52.8 cm³/mol. The Bertz CT molecular complexity index is 139. The highest BCUT2D eigenvalue weighted by Gasteiger charge is 2.16. The van der Waals surface area contributed by atoms with Gasteiger partial charge in [-0.05, 0) is 6.42 Å². The Morgan fingerprint density at radius 3 is 2.45 bits per heavy atom. The van der Waals surface area contributed by atoms with Crippen LogP contribution in [-0.2, 0) is 4.79 Å². The molecule has 0 spiro atoms. The SMILES string of the molecule is CCC(S)(S)CNNC(C)=O. The molecule has 66 valence electrons. The number of carbonyl (C=O) groups is 1. The molecule has 5 heteroatoms. The van der Waals surface area contributed by atoms with Crippen molar-refractivity contribution >= 4 is 31.2 Å². The lowest BCUT2D eigenvalue weighted by atomic mass is 10.3. The maximum atomic E-state index is 10.4. The monoisotopic (exact) mass is 194 g/mol. The minimum atomic E-state index is -0.359. The molecule has 0 aromatic rings. The Balaban J connectivity index is 3.45. The minimum Gasteiger partial charge on any atom is -0.292 e. The molecule has 0 rings (SSSR count). The van der Waals surface area contributed by atoms with E-state index in [1.165, 1.54) is 6.92 Å². The first-order valence-electron chi connectivity index (χ1n) is 3.42. The molecular formula is C6H14N2OS2. The molecule has 0 heterocycles. The number of hydrazine groups is 1. The predicted octanol–water partition coefficient (Wildman–Crippen LogP) is 0.593. The van der Waals surface area contributed by atoms with Gasteiger partial charge in [-0.1, -0.05) is 6.92 Å². The Morgan fingerprint density at radius 2 is 2.09 bits per heavy atom. The highest BCUT2D eigenvalue weighted by Crippen LogP contribution is 2.21. The van der Waals surface area contributed by atoms with Crippen LogP contribution in [0, 0.1) is 0 Å². The number of hydrogen-bond donors (Lipinski definition) is 4. The van der Waals surface area contributed by atoms with E-state index >= 15 is 0 Å². The molecule has 0 unspecified atom stereocenters. The summed E-state index contributed by atoms with van der Waals surface area (Å²) in [4.78, 5) is 10.4. The van der Waals surface area contributed by atoms with Crippen LogP contribution in [0.5, 0.6) is 0 Å². The van der Waals surface area contributed by atoms with Gasteiger partial charge in [0, 0.05) is 13.5 Å². The van der Waals surface area contributed by atoms with Gasteiger partial charge in [0.25, 0.3) is 0 Å². The molecule has 3 nitrogen and oxygen atoms in total. The van der Waals surface area contributed by atoms with Crippen LogP contribution in [0.4, 0.5) is 0 Å². The summed E-state index contributed by atoms with van der Waals surface area (Å²) in [7, 11) is 0. The highest BCUT2D eigenvalue weighted by molar-refractivity contribution is 8.00. The molecule has 0 bridgehead atoms. The molecule has 0 aliphatic rings. The molecule has 0 aliphatic heterocycles. The minimum absolute atomic E-state index is 0.112. The van der Waals surface area contributed by atoms with Crippen molar-refractivity contribution < 1.29 is 4.79 Å². The van der Waals surface area contributed by atoms with Crippen molar-refractivity contribution in [2.24, 2.45) is 0 Å². The van der Waals surface area contributed by atoms with Crippen LogP contribution < -0.4 is 10.9 Å². The van der Waals surface area contributed by atoms with Gasteiger partial charge in [-0.3, -0.25) is 10.2 Å².